The SMILES string of the molecule is C[CH](C)[Ge]([CH](C)C)[CH](C)C.[NH-]c1cccc(C(F)(F)F)c1. The van der Waals surface area contributed by atoms with Crippen LogP contribution in [-0.4, -0.2) is 14.3 Å². The van der Waals surface area contributed by atoms with Crippen molar-refractivity contribution in [1.82, 2.24) is 0 Å². The van der Waals surface area contributed by atoms with Gasteiger partial charge in [-0.3, -0.25) is 0 Å². The second kappa shape index (κ2) is 8.71. The third kappa shape index (κ3) is 7.79. The second-order valence-electron chi connectivity index (χ2n) is 6.04. The average Bonchev–Trinajstić information content (AvgIpc) is 2.26. The summed E-state index contributed by atoms with van der Waals surface area (Å²) in [6.45, 7) is 14.4. The van der Waals surface area contributed by atoms with Crippen LogP contribution in [0.3, 0.4) is 0 Å². The zero-order valence-electron chi connectivity index (χ0n) is 13.7. The molecule has 0 heterocycles. The molecule has 0 atom stereocenters. The van der Waals surface area contributed by atoms with Gasteiger partial charge < -0.3 is 5.73 Å². The molecule has 0 bridgehead atoms. The van der Waals surface area contributed by atoms with Gasteiger partial charge in [0.2, 0.25) is 0 Å². The Balaban J connectivity index is 0.000000384. The molecule has 1 aromatic carbocycles. The van der Waals surface area contributed by atoms with Crippen molar-refractivity contribution in [2.24, 2.45) is 0 Å². The van der Waals surface area contributed by atoms with Gasteiger partial charge in [-0.25, -0.2) is 0 Å². The predicted octanol–water partition coefficient (Wildman–Crippen LogP) is 7.10. The van der Waals surface area contributed by atoms with Gasteiger partial charge >= 0.3 is 76.3 Å². The van der Waals surface area contributed by atoms with Gasteiger partial charge in [-0.1, -0.05) is 24.3 Å². The van der Waals surface area contributed by atoms with Crippen LogP contribution in [0.4, 0.5) is 18.9 Å². The summed E-state index contributed by atoms with van der Waals surface area (Å²) < 4.78 is 38.7. The Labute approximate surface area is 131 Å². The Morgan fingerprint density at radius 2 is 1.33 bits per heavy atom. The molecular formula is C16H26F3GeN-. The minimum Gasteiger partial charge on any atom is -0.699 e. The van der Waals surface area contributed by atoms with Crippen molar-refractivity contribution in [3.8, 4) is 0 Å². The van der Waals surface area contributed by atoms with Crippen LogP contribution in [0.25, 0.3) is 5.73 Å². The topological polar surface area (TPSA) is 23.8 Å². The van der Waals surface area contributed by atoms with E-state index in [-0.39, 0.29) is 5.69 Å². The van der Waals surface area contributed by atoms with Crippen LogP contribution in [-0.2, 0) is 6.18 Å². The molecule has 0 spiro atoms. The average molecular weight is 362 g/mol. The molecule has 1 aromatic rings. The molecular weight excluding hydrogens is 336 g/mol. The van der Waals surface area contributed by atoms with Gasteiger partial charge in [-0.05, 0) is 0 Å². The molecule has 0 aliphatic rings. The molecule has 0 aromatic heterocycles. The molecule has 1 N–H and O–H groups in total. The summed E-state index contributed by atoms with van der Waals surface area (Å²) in [6.07, 6.45) is -4.34. The summed E-state index contributed by atoms with van der Waals surface area (Å²) in [7, 11) is 0. The Morgan fingerprint density at radius 3 is 1.52 bits per heavy atom. The fourth-order valence-corrected chi connectivity index (χ4v) is 11.1. The van der Waals surface area contributed by atoms with E-state index in [0.29, 0.717) is 0 Å². The summed E-state index contributed by atoms with van der Waals surface area (Å²) in [6, 6.07) is 4.25. The summed E-state index contributed by atoms with van der Waals surface area (Å²) in [4.78, 5) is 0. The number of hydrogen-bond acceptors (Lipinski definition) is 0. The molecule has 0 amide bonds. The Hall–Kier alpha value is -0.647. The molecule has 5 heteroatoms. The van der Waals surface area contributed by atoms with Gasteiger partial charge in [-0.15, -0.1) is 5.69 Å². The first-order chi connectivity index (χ1) is 9.46. The van der Waals surface area contributed by atoms with Gasteiger partial charge in [0.05, 0.1) is 5.56 Å². The van der Waals surface area contributed by atoms with E-state index in [2.05, 4.69) is 41.5 Å². The van der Waals surface area contributed by atoms with Crippen molar-refractivity contribution in [1.29, 1.82) is 0 Å². The molecule has 0 unspecified atom stereocenters. The van der Waals surface area contributed by atoms with Crippen molar-refractivity contribution < 1.29 is 13.2 Å². The number of alkyl halides is 3. The molecule has 0 saturated carbocycles. The molecule has 1 nitrogen and oxygen atoms in total. The first-order valence-electron chi connectivity index (χ1n) is 7.22. The van der Waals surface area contributed by atoms with Crippen molar-refractivity contribution in [2.75, 3.05) is 0 Å². The first-order valence-corrected chi connectivity index (χ1v) is 10.9. The summed E-state index contributed by atoms with van der Waals surface area (Å²) >= 11 is -0.722. The maximum atomic E-state index is 11.9. The fourth-order valence-electron chi connectivity index (χ4n) is 2.70. The Morgan fingerprint density at radius 1 is 0.905 bits per heavy atom. The number of rotatable bonds is 3. The largest absolute Gasteiger partial charge is 0.699 e. The Kier molecular flexibility index (Phi) is 8.44. The third-order valence-electron chi connectivity index (χ3n) is 3.19. The Bertz CT molecular complexity index is 395. The predicted molar refractivity (Wildman–Crippen MR) is 86.5 cm³/mol. The summed E-state index contributed by atoms with van der Waals surface area (Å²) in [5.41, 5.74) is 6.02. The van der Waals surface area contributed by atoms with E-state index < -0.39 is 26.1 Å². The second-order valence-corrected chi connectivity index (χ2v) is 15.4. The van der Waals surface area contributed by atoms with Crippen LogP contribution in [0.1, 0.15) is 47.1 Å². The van der Waals surface area contributed by atoms with E-state index in [1.165, 1.54) is 12.1 Å². The van der Waals surface area contributed by atoms with Crippen molar-refractivity contribution in [2.45, 2.75) is 62.0 Å². The molecule has 0 saturated heterocycles. The molecule has 0 aliphatic heterocycles. The molecule has 1 rings (SSSR count). The van der Waals surface area contributed by atoms with E-state index in [4.69, 9.17) is 5.73 Å². The van der Waals surface area contributed by atoms with Gasteiger partial charge in [0.15, 0.2) is 0 Å². The van der Waals surface area contributed by atoms with Crippen LogP contribution in [0, 0.1) is 0 Å². The normalized spacial score (nSPS) is 12.0. The summed E-state index contributed by atoms with van der Waals surface area (Å²) in [5.74, 6) is 0. The maximum Gasteiger partial charge on any atom is 0.416 e. The van der Waals surface area contributed by atoms with Gasteiger partial charge in [0, 0.05) is 0 Å². The van der Waals surface area contributed by atoms with Crippen LogP contribution < -0.4 is 0 Å². The number of halogens is 3. The quantitative estimate of drug-likeness (QED) is 0.512. The summed E-state index contributed by atoms with van der Waals surface area (Å²) in [5, 5.41) is 0. The van der Waals surface area contributed by atoms with E-state index in [0.717, 1.165) is 26.4 Å². The zero-order valence-corrected chi connectivity index (χ0v) is 15.8. The van der Waals surface area contributed by atoms with Crippen molar-refractivity contribution in [3.05, 3.63) is 35.6 Å². The minimum atomic E-state index is -4.34. The van der Waals surface area contributed by atoms with Crippen molar-refractivity contribution >= 4 is 20.0 Å². The smallest absolute Gasteiger partial charge is 0.416 e. The van der Waals surface area contributed by atoms with Crippen LogP contribution in [0.15, 0.2) is 24.3 Å². The monoisotopic (exact) mass is 363 g/mol. The van der Waals surface area contributed by atoms with E-state index in [1.807, 2.05) is 0 Å². The van der Waals surface area contributed by atoms with Crippen molar-refractivity contribution in [3.63, 3.8) is 0 Å². The third-order valence-corrected chi connectivity index (χ3v) is 11.6. The zero-order chi connectivity index (χ0) is 16.8. The number of benzene rings is 1. The van der Waals surface area contributed by atoms with Crippen LogP contribution >= 0.6 is 0 Å². The standard InChI is InChI=1S/C9H21Ge.C7H5F3N/c1-7(2)10(8(3)4)9(5)6;8-7(9,10)5-2-1-3-6(11)4-5/h7-9H,1-6H3;1-4,11H/q;-1. The van der Waals surface area contributed by atoms with Gasteiger partial charge in [0.25, 0.3) is 0 Å². The van der Waals surface area contributed by atoms with E-state index >= 15 is 0 Å². The number of hydrogen-bond donors (Lipinski definition) is 0. The first kappa shape index (κ1) is 20.4. The van der Waals surface area contributed by atoms with Gasteiger partial charge in [0.1, 0.15) is 0 Å². The van der Waals surface area contributed by atoms with E-state index in [1.54, 1.807) is 0 Å². The molecule has 0 fully saturated rings. The molecule has 21 heavy (non-hydrogen) atoms. The molecule has 1 radical (unpaired) electrons. The maximum absolute atomic E-state index is 11.9. The van der Waals surface area contributed by atoms with Gasteiger partial charge in [-0.2, -0.15) is 13.2 Å². The molecule has 121 valence electrons. The fraction of sp³-hybridized carbons (Fsp3) is 0.625. The van der Waals surface area contributed by atoms with E-state index in [9.17, 15) is 13.2 Å². The number of nitrogens with one attached hydrogen (secondary N) is 1. The van der Waals surface area contributed by atoms with Crippen LogP contribution in [0.5, 0.6) is 0 Å². The van der Waals surface area contributed by atoms with Crippen LogP contribution in [0.2, 0.25) is 14.3 Å². The molecule has 0 aliphatic carbocycles. The minimum absolute atomic E-state index is 0.125.